The van der Waals surface area contributed by atoms with Crippen molar-refractivity contribution in [2.24, 2.45) is 0 Å². The predicted octanol–water partition coefficient (Wildman–Crippen LogP) is 0.699. The molecule has 0 amide bonds. The molecule has 4 heteroatoms. The minimum atomic E-state index is 0. The highest BCUT2D eigenvalue weighted by atomic mass is 35.5. The first-order valence-corrected chi connectivity index (χ1v) is 2.71. The van der Waals surface area contributed by atoms with Gasteiger partial charge >= 0.3 is 0 Å². The van der Waals surface area contributed by atoms with Gasteiger partial charge in [-0.1, -0.05) is 0 Å². The van der Waals surface area contributed by atoms with E-state index < -0.39 is 0 Å². The third kappa shape index (κ3) is 1.93. The Kier molecular flexibility index (Phi) is 3.91. The molecule has 0 radical (unpaired) electrons. The Labute approximate surface area is 65.5 Å². The van der Waals surface area contributed by atoms with Crippen LogP contribution in [-0.4, -0.2) is 15.3 Å². The van der Waals surface area contributed by atoms with Crippen molar-refractivity contribution in [1.29, 1.82) is 0 Å². The highest BCUT2D eigenvalue weighted by molar-refractivity contribution is 5.85. The Morgan fingerprint density at radius 3 is 2.40 bits per heavy atom. The maximum atomic E-state index is 8.65. The molecule has 1 aromatic rings. The Morgan fingerprint density at radius 2 is 2.00 bits per heavy atom. The number of hydrogen-bond donors (Lipinski definition) is 1. The van der Waals surface area contributed by atoms with Gasteiger partial charge in [-0.05, 0) is 12.5 Å². The highest BCUT2D eigenvalue weighted by Crippen LogP contribution is 2.00. The van der Waals surface area contributed by atoms with E-state index in [1.807, 2.05) is 6.92 Å². The van der Waals surface area contributed by atoms with Crippen LogP contribution in [0.3, 0.4) is 0 Å². The fourth-order valence-corrected chi connectivity index (χ4v) is 0.573. The van der Waals surface area contributed by atoms with Crippen LogP contribution in [0.5, 0.6) is 0 Å². The molecule has 1 rings (SSSR count). The van der Waals surface area contributed by atoms with Gasteiger partial charge in [0.05, 0.1) is 19.0 Å². The van der Waals surface area contributed by atoms with Gasteiger partial charge in [0.15, 0.2) is 0 Å². The molecular formula is C6H9ClN2O. The fraction of sp³-hybridized carbons (Fsp3) is 0.333. The van der Waals surface area contributed by atoms with Crippen LogP contribution >= 0.6 is 12.4 Å². The third-order valence-corrected chi connectivity index (χ3v) is 1.21. The Bertz CT molecular complexity index is 205. The molecule has 0 aromatic carbocycles. The Balaban J connectivity index is 0.000000810. The van der Waals surface area contributed by atoms with Crippen molar-refractivity contribution in [2.75, 3.05) is 0 Å². The maximum absolute atomic E-state index is 8.65. The lowest BCUT2D eigenvalue weighted by Gasteiger charge is -1.95. The summed E-state index contributed by atoms with van der Waals surface area (Å²) in [7, 11) is 0. The van der Waals surface area contributed by atoms with E-state index in [2.05, 4.69) is 10.2 Å². The minimum absolute atomic E-state index is 0. The highest BCUT2D eigenvalue weighted by Gasteiger charge is 1.92. The van der Waals surface area contributed by atoms with Crippen molar-refractivity contribution in [3.05, 3.63) is 23.5 Å². The smallest absolute Gasteiger partial charge is 0.0700 e. The lowest BCUT2D eigenvalue weighted by molar-refractivity contribution is 0.280. The number of rotatable bonds is 1. The molecule has 1 aromatic heterocycles. The van der Waals surface area contributed by atoms with E-state index in [-0.39, 0.29) is 19.0 Å². The van der Waals surface area contributed by atoms with Gasteiger partial charge in [-0.2, -0.15) is 10.2 Å². The summed E-state index contributed by atoms with van der Waals surface area (Å²) in [4.78, 5) is 0. The van der Waals surface area contributed by atoms with E-state index >= 15 is 0 Å². The summed E-state index contributed by atoms with van der Waals surface area (Å²) in [6, 6.07) is 0. The second-order valence-corrected chi connectivity index (χ2v) is 1.86. The van der Waals surface area contributed by atoms with Gasteiger partial charge in [0, 0.05) is 5.56 Å². The number of aromatic nitrogens is 2. The SMILES string of the molecule is Cc1cnncc1CO.Cl. The number of hydrogen-bond acceptors (Lipinski definition) is 3. The number of nitrogens with zero attached hydrogens (tertiary/aromatic N) is 2. The average molecular weight is 161 g/mol. The topological polar surface area (TPSA) is 46.0 Å². The molecule has 0 fully saturated rings. The van der Waals surface area contributed by atoms with Crippen LogP contribution in [0.4, 0.5) is 0 Å². The number of aliphatic hydroxyl groups is 1. The standard InChI is InChI=1S/C6H8N2O.ClH/c1-5-2-7-8-3-6(5)4-9;/h2-3,9H,4H2,1H3;1H. The lowest BCUT2D eigenvalue weighted by atomic mass is 10.2. The first-order chi connectivity index (χ1) is 4.34. The first kappa shape index (κ1) is 9.33. The number of aliphatic hydroxyl groups excluding tert-OH is 1. The molecule has 0 atom stereocenters. The van der Waals surface area contributed by atoms with E-state index in [0.717, 1.165) is 11.1 Å². The summed E-state index contributed by atoms with van der Waals surface area (Å²) in [5.74, 6) is 0. The summed E-state index contributed by atoms with van der Waals surface area (Å²) < 4.78 is 0. The summed E-state index contributed by atoms with van der Waals surface area (Å²) in [6.07, 6.45) is 3.20. The first-order valence-electron chi connectivity index (χ1n) is 2.71. The molecule has 3 nitrogen and oxygen atoms in total. The monoisotopic (exact) mass is 160 g/mol. The average Bonchev–Trinajstić information content (AvgIpc) is 1.89. The van der Waals surface area contributed by atoms with Gasteiger partial charge in [0.1, 0.15) is 0 Å². The fourth-order valence-electron chi connectivity index (χ4n) is 0.573. The largest absolute Gasteiger partial charge is 0.392 e. The van der Waals surface area contributed by atoms with Gasteiger partial charge in [-0.15, -0.1) is 12.4 Å². The van der Waals surface area contributed by atoms with E-state index in [1.54, 1.807) is 12.4 Å². The van der Waals surface area contributed by atoms with Crippen molar-refractivity contribution >= 4 is 12.4 Å². The Hall–Kier alpha value is -0.670. The van der Waals surface area contributed by atoms with Crippen LogP contribution < -0.4 is 0 Å². The van der Waals surface area contributed by atoms with Crippen molar-refractivity contribution in [1.82, 2.24) is 10.2 Å². The summed E-state index contributed by atoms with van der Waals surface area (Å²) >= 11 is 0. The number of halogens is 1. The van der Waals surface area contributed by atoms with Gasteiger partial charge < -0.3 is 5.11 Å². The predicted molar refractivity (Wildman–Crippen MR) is 39.9 cm³/mol. The second-order valence-electron chi connectivity index (χ2n) is 1.86. The molecule has 0 aliphatic heterocycles. The van der Waals surface area contributed by atoms with Crippen LogP contribution in [-0.2, 0) is 6.61 Å². The molecule has 10 heavy (non-hydrogen) atoms. The zero-order chi connectivity index (χ0) is 6.69. The normalized spacial score (nSPS) is 8.60. The summed E-state index contributed by atoms with van der Waals surface area (Å²) in [5.41, 5.74) is 1.82. The molecule has 0 aliphatic carbocycles. The Morgan fingerprint density at radius 1 is 1.40 bits per heavy atom. The molecule has 0 bridgehead atoms. The second kappa shape index (κ2) is 4.19. The molecule has 1 heterocycles. The van der Waals surface area contributed by atoms with Gasteiger partial charge in [0.25, 0.3) is 0 Å². The quantitative estimate of drug-likeness (QED) is 0.658. The van der Waals surface area contributed by atoms with Crippen molar-refractivity contribution < 1.29 is 5.11 Å². The summed E-state index contributed by atoms with van der Waals surface area (Å²) in [5, 5.41) is 15.9. The molecular weight excluding hydrogens is 152 g/mol. The lowest BCUT2D eigenvalue weighted by Crippen LogP contribution is -1.91. The number of aryl methyl sites for hydroxylation is 1. The van der Waals surface area contributed by atoms with E-state index in [0.29, 0.717) is 0 Å². The van der Waals surface area contributed by atoms with Crippen molar-refractivity contribution in [3.63, 3.8) is 0 Å². The molecule has 0 unspecified atom stereocenters. The molecule has 0 saturated heterocycles. The van der Waals surface area contributed by atoms with Gasteiger partial charge in [-0.3, -0.25) is 0 Å². The van der Waals surface area contributed by atoms with Crippen molar-refractivity contribution in [2.45, 2.75) is 13.5 Å². The van der Waals surface area contributed by atoms with Crippen molar-refractivity contribution in [3.8, 4) is 0 Å². The van der Waals surface area contributed by atoms with Gasteiger partial charge in [0.2, 0.25) is 0 Å². The molecule has 0 spiro atoms. The summed E-state index contributed by atoms with van der Waals surface area (Å²) in [6.45, 7) is 1.93. The zero-order valence-corrected chi connectivity index (χ0v) is 6.43. The zero-order valence-electron chi connectivity index (χ0n) is 5.61. The van der Waals surface area contributed by atoms with Crippen LogP contribution in [0.1, 0.15) is 11.1 Å². The molecule has 56 valence electrons. The van der Waals surface area contributed by atoms with Crippen LogP contribution in [0.2, 0.25) is 0 Å². The van der Waals surface area contributed by atoms with E-state index in [9.17, 15) is 0 Å². The van der Waals surface area contributed by atoms with Crippen LogP contribution in [0, 0.1) is 6.92 Å². The van der Waals surface area contributed by atoms with Gasteiger partial charge in [-0.25, -0.2) is 0 Å². The van der Waals surface area contributed by atoms with Crippen LogP contribution in [0.15, 0.2) is 12.4 Å². The van der Waals surface area contributed by atoms with E-state index in [1.165, 1.54) is 0 Å². The minimum Gasteiger partial charge on any atom is -0.392 e. The molecule has 0 aliphatic rings. The molecule has 1 N–H and O–H groups in total. The maximum Gasteiger partial charge on any atom is 0.0700 e. The van der Waals surface area contributed by atoms with E-state index in [4.69, 9.17) is 5.11 Å². The van der Waals surface area contributed by atoms with Crippen LogP contribution in [0.25, 0.3) is 0 Å². The third-order valence-electron chi connectivity index (χ3n) is 1.21. The molecule has 0 saturated carbocycles.